The van der Waals surface area contributed by atoms with Crippen LogP contribution in [0, 0.1) is 0 Å². The van der Waals surface area contributed by atoms with Gasteiger partial charge < -0.3 is 10.2 Å². The number of rotatable bonds is 5. The second-order valence-corrected chi connectivity index (χ2v) is 8.15. The molecule has 0 spiro atoms. The largest absolute Gasteiger partial charge is 0.322 e. The standard InChI is InChI=1S/C25H25ClN2O/c1-28-16-15-23(24(28)17-18-5-3-2-4-6-18)19-9-13-22(14-10-19)27-25(29)20-7-11-21(26)12-8-20/h2-14,23-24H,15-17H2,1H3,(H,27,29). The predicted molar refractivity (Wildman–Crippen MR) is 120 cm³/mol. The lowest BCUT2D eigenvalue weighted by Crippen LogP contribution is -2.30. The van der Waals surface area contributed by atoms with Crippen molar-refractivity contribution in [2.75, 3.05) is 18.9 Å². The maximum Gasteiger partial charge on any atom is 0.255 e. The maximum atomic E-state index is 12.4. The molecule has 1 fully saturated rings. The molecule has 4 rings (SSSR count). The molecule has 1 saturated heterocycles. The Hall–Kier alpha value is -2.62. The van der Waals surface area contributed by atoms with Gasteiger partial charge >= 0.3 is 0 Å². The minimum atomic E-state index is -0.128. The highest BCUT2D eigenvalue weighted by Gasteiger charge is 2.32. The number of carbonyl (C=O) groups excluding carboxylic acids is 1. The molecule has 2 atom stereocenters. The molecular weight excluding hydrogens is 380 g/mol. The van der Waals surface area contributed by atoms with Gasteiger partial charge in [0.05, 0.1) is 0 Å². The monoisotopic (exact) mass is 404 g/mol. The quantitative estimate of drug-likeness (QED) is 0.598. The molecule has 0 bridgehead atoms. The highest BCUT2D eigenvalue weighted by molar-refractivity contribution is 6.30. The van der Waals surface area contributed by atoms with Crippen molar-refractivity contribution in [3.05, 3.63) is 101 Å². The average Bonchev–Trinajstić information content (AvgIpc) is 3.10. The Kier molecular flexibility index (Phi) is 5.98. The first kappa shape index (κ1) is 19.7. The Labute approximate surface area is 177 Å². The number of nitrogens with one attached hydrogen (secondary N) is 1. The number of nitrogens with zero attached hydrogens (tertiary/aromatic N) is 1. The summed E-state index contributed by atoms with van der Waals surface area (Å²) in [6.45, 7) is 1.11. The molecule has 1 aliphatic rings. The van der Waals surface area contributed by atoms with Crippen LogP contribution in [0.3, 0.4) is 0 Å². The molecule has 0 aromatic heterocycles. The maximum absolute atomic E-state index is 12.4. The van der Waals surface area contributed by atoms with E-state index in [-0.39, 0.29) is 5.91 Å². The first-order chi connectivity index (χ1) is 14.1. The Balaban J connectivity index is 1.45. The van der Waals surface area contributed by atoms with Gasteiger partial charge in [0.25, 0.3) is 5.91 Å². The molecule has 1 aliphatic heterocycles. The lowest BCUT2D eigenvalue weighted by atomic mass is 9.88. The Bertz CT molecular complexity index is 954. The van der Waals surface area contributed by atoms with Crippen molar-refractivity contribution in [3.63, 3.8) is 0 Å². The third kappa shape index (κ3) is 4.69. The lowest BCUT2D eigenvalue weighted by Gasteiger charge is -2.25. The van der Waals surface area contributed by atoms with E-state index in [9.17, 15) is 4.79 Å². The molecule has 4 heteroatoms. The summed E-state index contributed by atoms with van der Waals surface area (Å²) in [5, 5.41) is 3.59. The van der Waals surface area contributed by atoms with Gasteiger partial charge in [-0.05, 0) is 74.0 Å². The predicted octanol–water partition coefficient (Wildman–Crippen LogP) is 5.62. The molecule has 1 N–H and O–H groups in total. The number of hydrogen-bond acceptors (Lipinski definition) is 2. The molecule has 3 nitrogen and oxygen atoms in total. The highest BCUT2D eigenvalue weighted by atomic mass is 35.5. The average molecular weight is 405 g/mol. The van der Waals surface area contributed by atoms with Gasteiger partial charge in [0.15, 0.2) is 0 Å². The van der Waals surface area contributed by atoms with Crippen molar-refractivity contribution in [1.82, 2.24) is 4.90 Å². The molecule has 2 unspecified atom stereocenters. The number of likely N-dealkylation sites (N-methyl/N-ethyl adjacent to an activating group) is 1. The van der Waals surface area contributed by atoms with Crippen LogP contribution >= 0.6 is 11.6 Å². The number of halogens is 1. The van der Waals surface area contributed by atoms with Crippen LogP contribution in [-0.2, 0) is 6.42 Å². The number of anilines is 1. The third-order valence-corrected chi connectivity index (χ3v) is 6.07. The lowest BCUT2D eigenvalue weighted by molar-refractivity contribution is 0.102. The van der Waals surface area contributed by atoms with Gasteiger partial charge in [-0.1, -0.05) is 54.1 Å². The molecule has 0 radical (unpaired) electrons. The molecule has 0 saturated carbocycles. The summed E-state index contributed by atoms with van der Waals surface area (Å²) >= 11 is 5.89. The summed E-state index contributed by atoms with van der Waals surface area (Å²) in [7, 11) is 2.22. The fourth-order valence-electron chi connectivity index (χ4n) is 4.17. The van der Waals surface area contributed by atoms with E-state index >= 15 is 0 Å². The zero-order chi connectivity index (χ0) is 20.2. The minimum Gasteiger partial charge on any atom is -0.322 e. The van der Waals surface area contributed by atoms with Crippen LogP contribution in [-0.4, -0.2) is 30.4 Å². The van der Waals surface area contributed by atoms with E-state index in [1.54, 1.807) is 24.3 Å². The normalized spacial score (nSPS) is 19.2. The van der Waals surface area contributed by atoms with Gasteiger partial charge in [-0.3, -0.25) is 4.79 Å². The van der Waals surface area contributed by atoms with Crippen LogP contribution in [0.4, 0.5) is 5.69 Å². The van der Waals surface area contributed by atoms with E-state index in [1.165, 1.54) is 11.1 Å². The Morgan fingerprint density at radius 1 is 1.00 bits per heavy atom. The van der Waals surface area contributed by atoms with Crippen LogP contribution in [0.25, 0.3) is 0 Å². The third-order valence-electron chi connectivity index (χ3n) is 5.81. The Morgan fingerprint density at radius 3 is 2.38 bits per heavy atom. The summed E-state index contributed by atoms with van der Waals surface area (Å²) in [6.07, 6.45) is 2.21. The second-order valence-electron chi connectivity index (χ2n) is 7.72. The van der Waals surface area contributed by atoms with Crippen LogP contribution in [0.15, 0.2) is 78.9 Å². The zero-order valence-electron chi connectivity index (χ0n) is 16.5. The van der Waals surface area contributed by atoms with Gasteiger partial charge in [0.2, 0.25) is 0 Å². The zero-order valence-corrected chi connectivity index (χ0v) is 17.3. The van der Waals surface area contributed by atoms with Crippen LogP contribution in [0.2, 0.25) is 5.02 Å². The minimum absolute atomic E-state index is 0.128. The summed E-state index contributed by atoms with van der Waals surface area (Å²) < 4.78 is 0. The number of benzene rings is 3. The summed E-state index contributed by atoms with van der Waals surface area (Å²) in [5.41, 5.74) is 4.11. The van der Waals surface area contributed by atoms with Gasteiger partial charge in [-0.2, -0.15) is 0 Å². The van der Waals surface area contributed by atoms with Crippen molar-refractivity contribution >= 4 is 23.2 Å². The summed E-state index contributed by atoms with van der Waals surface area (Å²) in [6, 6.07) is 26.4. The number of carbonyl (C=O) groups is 1. The molecular formula is C25H25ClN2O. The molecule has 3 aromatic carbocycles. The van der Waals surface area contributed by atoms with Crippen molar-refractivity contribution < 1.29 is 4.79 Å². The molecule has 1 amide bonds. The number of likely N-dealkylation sites (tertiary alicyclic amines) is 1. The van der Waals surface area contributed by atoms with E-state index in [0.29, 0.717) is 22.5 Å². The van der Waals surface area contributed by atoms with Crippen LogP contribution in [0.5, 0.6) is 0 Å². The van der Waals surface area contributed by atoms with Crippen molar-refractivity contribution in [2.45, 2.75) is 24.8 Å². The molecule has 1 heterocycles. The van der Waals surface area contributed by atoms with E-state index in [4.69, 9.17) is 11.6 Å². The van der Waals surface area contributed by atoms with E-state index < -0.39 is 0 Å². The first-order valence-corrected chi connectivity index (χ1v) is 10.4. The summed E-state index contributed by atoms with van der Waals surface area (Å²) in [4.78, 5) is 14.9. The van der Waals surface area contributed by atoms with Crippen LogP contribution < -0.4 is 5.32 Å². The topological polar surface area (TPSA) is 32.3 Å². The Morgan fingerprint density at radius 2 is 1.69 bits per heavy atom. The van der Waals surface area contributed by atoms with Crippen molar-refractivity contribution in [1.29, 1.82) is 0 Å². The second kappa shape index (κ2) is 8.81. The summed E-state index contributed by atoms with van der Waals surface area (Å²) in [5.74, 6) is 0.373. The van der Waals surface area contributed by atoms with Gasteiger partial charge in [0.1, 0.15) is 0 Å². The van der Waals surface area contributed by atoms with Crippen LogP contribution in [0.1, 0.15) is 33.8 Å². The van der Waals surface area contributed by atoms with Gasteiger partial charge in [-0.25, -0.2) is 0 Å². The van der Waals surface area contributed by atoms with Crippen molar-refractivity contribution in [2.24, 2.45) is 0 Å². The van der Waals surface area contributed by atoms with E-state index in [1.807, 2.05) is 12.1 Å². The molecule has 29 heavy (non-hydrogen) atoms. The van der Waals surface area contributed by atoms with Gasteiger partial charge in [-0.15, -0.1) is 0 Å². The fraction of sp³-hybridized carbons (Fsp3) is 0.240. The number of hydrogen-bond donors (Lipinski definition) is 1. The number of amides is 1. The van der Waals surface area contributed by atoms with E-state index in [2.05, 4.69) is 59.7 Å². The van der Waals surface area contributed by atoms with Gasteiger partial charge in [0, 0.05) is 28.2 Å². The highest BCUT2D eigenvalue weighted by Crippen LogP contribution is 2.35. The smallest absolute Gasteiger partial charge is 0.255 e. The molecule has 0 aliphatic carbocycles. The molecule has 3 aromatic rings. The SMILES string of the molecule is CN1CCC(c2ccc(NC(=O)c3ccc(Cl)cc3)cc2)C1Cc1ccccc1. The fourth-order valence-corrected chi connectivity index (χ4v) is 4.29. The van der Waals surface area contributed by atoms with E-state index in [0.717, 1.165) is 25.1 Å². The molecule has 148 valence electrons. The first-order valence-electron chi connectivity index (χ1n) is 10.0. The van der Waals surface area contributed by atoms with Crippen molar-refractivity contribution in [3.8, 4) is 0 Å².